The fourth-order valence-corrected chi connectivity index (χ4v) is 3.09. The van der Waals surface area contributed by atoms with E-state index in [1.807, 2.05) is 0 Å². The highest BCUT2D eigenvalue weighted by Crippen LogP contribution is 2.33. The molecular formula is C14H9F2N5O3S. The molecule has 1 aliphatic heterocycles. The van der Waals surface area contributed by atoms with E-state index in [4.69, 9.17) is 9.15 Å². The fourth-order valence-electron chi connectivity index (χ4n) is 2.26. The van der Waals surface area contributed by atoms with Gasteiger partial charge in [0, 0.05) is 12.3 Å². The number of amides is 1. The number of nitrogens with zero attached hydrogens (tertiary/aromatic N) is 5. The van der Waals surface area contributed by atoms with E-state index < -0.39 is 12.3 Å². The molecule has 0 unspecified atom stereocenters. The number of alkyl halides is 2. The highest BCUT2D eigenvalue weighted by molar-refractivity contribution is 7.15. The summed E-state index contributed by atoms with van der Waals surface area (Å²) in [6.07, 6.45) is 1.72. The van der Waals surface area contributed by atoms with Gasteiger partial charge in [0.05, 0.1) is 18.9 Å². The Kier molecular flexibility index (Phi) is 3.84. The standard InChI is InChI=1S/C14H9F2N5O3S/c15-12(16)14-20-19-13(24-14)9-4-18-10(25-9)5-21-7-3-17-2-1-8(7)23-6-11(21)22/h1-4,12H,5-6H2. The van der Waals surface area contributed by atoms with Gasteiger partial charge < -0.3 is 9.15 Å². The van der Waals surface area contributed by atoms with Crippen molar-refractivity contribution in [3.63, 3.8) is 0 Å². The first-order valence-electron chi connectivity index (χ1n) is 7.05. The van der Waals surface area contributed by atoms with Crippen LogP contribution in [0.5, 0.6) is 5.75 Å². The predicted octanol–water partition coefficient (Wildman–Crippen LogP) is 2.45. The van der Waals surface area contributed by atoms with Crippen LogP contribution < -0.4 is 9.64 Å². The lowest BCUT2D eigenvalue weighted by atomic mass is 10.3. The molecule has 3 aromatic heterocycles. The molecule has 1 aliphatic rings. The van der Waals surface area contributed by atoms with E-state index in [-0.39, 0.29) is 24.9 Å². The first-order valence-corrected chi connectivity index (χ1v) is 7.87. The minimum Gasteiger partial charge on any atom is -0.481 e. The van der Waals surface area contributed by atoms with Crippen LogP contribution in [-0.4, -0.2) is 32.7 Å². The summed E-state index contributed by atoms with van der Waals surface area (Å²) in [4.78, 5) is 22.3. The van der Waals surface area contributed by atoms with Crippen molar-refractivity contribution in [2.45, 2.75) is 13.0 Å². The molecule has 11 heteroatoms. The molecule has 0 aromatic carbocycles. The molecule has 0 N–H and O–H groups in total. The molecule has 4 rings (SSSR count). The van der Waals surface area contributed by atoms with Crippen LogP contribution in [0.4, 0.5) is 14.5 Å². The van der Waals surface area contributed by atoms with E-state index in [2.05, 4.69) is 20.2 Å². The number of hydrogen-bond acceptors (Lipinski definition) is 8. The Balaban J connectivity index is 1.58. The lowest BCUT2D eigenvalue weighted by Crippen LogP contribution is -2.38. The lowest BCUT2D eigenvalue weighted by molar-refractivity contribution is -0.121. The third kappa shape index (κ3) is 2.93. The molecule has 128 valence electrons. The van der Waals surface area contributed by atoms with E-state index in [9.17, 15) is 13.6 Å². The number of halogens is 2. The van der Waals surface area contributed by atoms with Crippen molar-refractivity contribution in [3.8, 4) is 16.5 Å². The first kappa shape index (κ1) is 15.6. The van der Waals surface area contributed by atoms with Gasteiger partial charge in [-0.05, 0) is 0 Å². The largest absolute Gasteiger partial charge is 0.481 e. The van der Waals surface area contributed by atoms with Crippen molar-refractivity contribution in [2.24, 2.45) is 0 Å². The number of carbonyl (C=O) groups is 1. The zero-order chi connectivity index (χ0) is 17.4. The van der Waals surface area contributed by atoms with Gasteiger partial charge in [0.25, 0.3) is 17.7 Å². The molecule has 0 radical (unpaired) electrons. The summed E-state index contributed by atoms with van der Waals surface area (Å²) >= 11 is 1.17. The molecule has 0 saturated carbocycles. The summed E-state index contributed by atoms with van der Waals surface area (Å²) in [5.74, 6) is -0.442. The maximum Gasteiger partial charge on any atom is 0.314 e. The van der Waals surface area contributed by atoms with Crippen molar-refractivity contribution in [3.05, 3.63) is 35.6 Å². The highest BCUT2D eigenvalue weighted by Gasteiger charge is 2.27. The summed E-state index contributed by atoms with van der Waals surface area (Å²) in [5, 5.41) is 7.44. The summed E-state index contributed by atoms with van der Waals surface area (Å²) in [5.41, 5.74) is 0.549. The molecule has 0 bridgehead atoms. The number of ether oxygens (including phenoxy) is 1. The van der Waals surface area contributed by atoms with Crippen molar-refractivity contribution in [2.75, 3.05) is 11.5 Å². The van der Waals surface area contributed by atoms with Crippen molar-refractivity contribution in [1.29, 1.82) is 0 Å². The molecule has 0 saturated heterocycles. The van der Waals surface area contributed by atoms with Crippen LogP contribution in [0.2, 0.25) is 0 Å². The third-order valence-corrected chi connectivity index (χ3v) is 4.36. The number of rotatable bonds is 4. The molecule has 3 aromatic rings. The third-order valence-electron chi connectivity index (χ3n) is 3.39. The lowest BCUT2D eigenvalue weighted by Gasteiger charge is -2.28. The Labute approximate surface area is 143 Å². The molecule has 1 amide bonds. The minimum absolute atomic E-state index is 0.0329. The maximum atomic E-state index is 12.5. The van der Waals surface area contributed by atoms with Gasteiger partial charge in [0.15, 0.2) is 6.61 Å². The Morgan fingerprint density at radius 1 is 1.32 bits per heavy atom. The first-order chi connectivity index (χ1) is 12.1. The van der Waals surface area contributed by atoms with Gasteiger partial charge in [-0.3, -0.25) is 14.7 Å². The summed E-state index contributed by atoms with van der Waals surface area (Å²) in [6, 6.07) is 1.67. The molecule has 0 fully saturated rings. The Bertz CT molecular complexity index is 929. The van der Waals surface area contributed by atoms with E-state index in [1.54, 1.807) is 12.3 Å². The summed E-state index contributed by atoms with van der Waals surface area (Å²) in [7, 11) is 0. The van der Waals surface area contributed by atoms with Crippen molar-refractivity contribution < 1.29 is 22.7 Å². The minimum atomic E-state index is -2.83. The molecule has 0 aliphatic carbocycles. The van der Waals surface area contributed by atoms with Gasteiger partial charge in [-0.15, -0.1) is 21.5 Å². The topological polar surface area (TPSA) is 94.2 Å². The number of aromatic nitrogens is 4. The van der Waals surface area contributed by atoms with Crippen molar-refractivity contribution >= 4 is 22.9 Å². The second-order valence-electron chi connectivity index (χ2n) is 4.98. The number of thiazole rings is 1. The Morgan fingerprint density at radius 3 is 3.00 bits per heavy atom. The number of carbonyl (C=O) groups excluding carboxylic acids is 1. The number of anilines is 1. The second-order valence-corrected chi connectivity index (χ2v) is 6.09. The number of pyridine rings is 1. The smallest absolute Gasteiger partial charge is 0.314 e. The highest BCUT2D eigenvalue weighted by atomic mass is 32.1. The van der Waals surface area contributed by atoms with E-state index >= 15 is 0 Å². The zero-order valence-electron chi connectivity index (χ0n) is 12.4. The molecule has 4 heterocycles. The van der Waals surface area contributed by atoms with E-state index in [0.29, 0.717) is 21.3 Å². The monoisotopic (exact) mass is 365 g/mol. The van der Waals surface area contributed by atoms with Crippen LogP contribution in [0, 0.1) is 0 Å². The average molecular weight is 365 g/mol. The van der Waals surface area contributed by atoms with E-state index in [1.165, 1.54) is 28.6 Å². The molecule has 0 atom stereocenters. The van der Waals surface area contributed by atoms with Crippen LogP contribution in [0.25, 0.3) is 10.8 Å². The average Bonchev–Trinajstić information content (AvgIpc) is 3.26. The van der Waals surface area contributed by atoms with Gasteiger partial charge in [-0.25, -0.2) is 4.98 Å². The van der Waals surface area contributed by atoms with Crippen LogP contribution >= 0.6 is 11.3 Å². The maximum absolute atomic E-state index is 12.5. The number of hydrogen-bond donors (Lipinski definition) is 0. The van der Waals surface area contributed by atoms with Crippen LogP contribution in [0.1, 0.15) is 17.3 Å². The molecular weight excluding hydrogens is 356 g/mol. The fraction of sp³-hybridized carbons (Fsp3) is 0.214. The van der Waals surface area contributed by atoms with Gasteiger partial charge in [-0.2, -0.15) is 8.78 Å². The quantitative estimate of drug-likeness (QED) is 0.701. The Morgan fingerprint density at radius 2 is 2.20 bits per heavy atom. The SMILES string of the molecule is O=C1COc2ccncc2N1Cc1ncc(-c2nnc(C(F)F)o2)s1. The summed E-state index contributed by atoms with van der Waals surface area (Å²) in [6.45, 7) is 0.123. The number of fused-ring (bicyclic) bond motifs is 1. The van der Waals surface area contributed by atoms with Crippen LogP contribution in [-0.2, 0) is 11.3 Å². The Hall–Kier alpha value is -2.95. The second kappa shape index (κ2) is 6.16. The normalized spacial score (nSPS) is 13.9. The van der Waals surface area contributed by atoms with Crippen LogP contribution in [0.3, 0.4) is 0 Å². The summed E-state index contributed by atoms with van der Waals surface area (Å²) < 4.78 is 35.3. The van der Waals surface area contributed by atoms with Gasteiger partial charge >= 0.3 is 6.43 Å². The molecule has 0 spiro atoms. The molecule has 8 nitrogen and oxygen atoms in total. The van der Waals surface area contributed by atoms with Gasteiger partial charge in [0.1, 0.15) is 21.3 Å². The van der Waals surface area contributed by atoms with Crippen LogP contribution in [0.15, 0.2) is 29.1 Å². The predicted molar refractivity (Wildman–Crippen MR) is 81.3 cm³/mol. The van der Waals surface area contributed by atoms with Crippen molar-refractivity contribution in [1.82, 2.24) is 20.2 Å². The zero-order valence-corrected chi connectivity index (χ0v) is 13.2. The molecule has 25 heavy (non-hydrogen) atoms. The van der Waals surface area contributed by atoms with E-state index in [0.717, 1.165) is 0 Å². The van der Waals surface area contributed by atoms with Gasteiger partial charge in [-0.1, -0.05) is 0 Å². The van der Waals surface area contributed by atoms with Gasteiger partial charge in [0.2, 0.25) is 0 Å².